The van der Waals surface area contributed by atoms with Crippen LogP contribution in [0.15, 0.2) is 29.2 Å². The highest BCUT2D eigenvalue weighted by molar-refractivity contribution is 7.85. The van der Waals surface area contributed by atoms with Gasteiger partial charge in [0.05, 0.1) is 4.90 Å². The summed E-state index contributed by atoms with van der Waals surface area (Å²) in [5.74, 6) is -0.699. The summed E-state index contributed by atoms with van der Waals surface area (Å²) in [5.41, 5.74) is 0. The number of rotatable bonds is 10. The molecule has 0 aliphatic rings. The number of para-hydroxylation sites is 1. The molecule has 0 fully saturated rings. The lowest BCUT2D eigenvalue weighted by Crippen LogP contribution is -2.11. The number of benzene rings is 1. The Morgan fingerprint density at radius 3 is 2.27 bits per heavy atom. The van der Waals surface area contributed by atoms with E-state index in [4.69, 9.17) is 4.74 Å². The molecular formula is C16H23O5S-. The van der Waals surface area contributed by atoms with Crippen LogP contribution >= 0.6 is 0 Å². The van der Waals surface area contributed by atoms with E-state index in [1.54, 1.807) is 0 Å². The molecule has 0 heterocycles. The largest absolute Gasteiger partial charge is 0.744 e. The Kier molecular flexibility index (Phi) is 8.12. The first-order valence-electron chi connectivity index (χ1n) is 7.70. The van der Waals surface area contributed by atoms with Crippen LogP contribution in [0.2, 0.25) is 0 Å². The zero-order valence-electron chi connectivity index (χ0n) is 12.9. The monoisotopic (exact) mass is 327 g/mol. The molecule has 1 aromatic rings. The van der Waals surface area contributed by atoms with Gasteiger partial charge in [-0.25, -0.2) is 8.42 Å². The van der Waals surface area contributed by atoms with Gasteiger partial charge in [-0.3, -0.25) is 4.79 Å². The zero-order chi connectivity index (χ0) is 16.4. The van der Waals surface area contributed by atoms with E-state index < -0.39 is 21.0 Å². The van der Waals surface area contributed by atoms with Crippen molar-refractivity contribution in [2.24, 2.45) is 0 Å². The fourth-order valence-electron chi connectivity index (χ4n) is 2.14. The predicted molar refractivity (Wildman–Crippen MR) is 82.7 cm³/mol. The second kappa shape index (κ2) is 9.58. The van der Waals surface area contributed by atoms with Crippen LogP contribution in [0.25, 0.3) is 0 Å². The summed E-state index contributed by atoms with van der Waals surface area (Å²) in [4.78, 5) is 11.2. The molecule has 0 saturated heterocycles. The SMILES string of the molecule is CCCCCCCCCC(=O)Oc1ccccc1S(=O)(=O)[O-]. The average Bonchev–Trinajstić information content (AvgIpc) is 2.46. The van der Waals surface area contributed by atoms with Crippen LogP contribution < -0.4 is 4.74 Å². The van der Waals surface area contributed by atoms with Gasteiger partial charge in [0.15, 0.2) is 0 Å². The van der Waals surface area contributed by atoms with Crippen LogP contribution in [0.5, 0.6) is 5.75 Å². The first-order chi connectivity index (χ1) is 10.4. The second-order valence-corrected chi connectivity index (χ2v) is 6.59. The molecule has 0 aliphatic heterocycles. The predicted octanol–water partition coefficient (Wildman–Crippen LogP) is 3.64. The number of unbranched alkanes of at least 4 members (excludes halogenated alkanes) is 6. The smallest absolute Gasteiger partial charge is 0.311 e. The van der Waals surface area contributed by atoms with E-state index in [0.29, 0.717) is 6.42 Å². The molecule has 0 spiro atoms. The minimum absolute atomic E-state index is 0.189. The molecule has 0 saturated carbocycles. The Balaban J connectivity index is 2.37. The summed E-state index contributed by atoms with van der Waals surface area (Å²) in [6, 6.07) is 5.38. The summed E-state index contributed by atoms with van der Waals surface area (Å²) in [5, 5.41) is 0. The van der Waals surface area contributed by atoms with Crippen molar-refractivity contribution in [1.29, 1.82) is 0 Å². The molecule has 0 amide bonds. The lowest BCUT2D eigenvalue weighted by atomic mass is 10.1. The summed E-state index contributed by atoms with van der Waals surface area (Å²) in [6.45, 7) is 2.16. The van der Waals surface area contributed by atoms with Gasteiger partial charge in [0.1, 0.15) is 15.9 Å². The van der Waals surface area contributed by atoms with Crippen molar-refractivity contribution >= 4 is 16.1 Å². The van der Waals surface area contributed by atoms with Crippen LogP contribution in [0, 0.1) is 0 Å². The van der Waals surface area contributed by atoms with Gasteiger partial charge in [-0.1, -0.05) is 57.6 Å². The quantitative estimate of drug-likeness (QED) is 0.283. The van der Waals surface area contributed by atoms with E-state index in [1.807, 2.05) is 0 Å². The summed E-state index contributed by atoms with van der Waals surface area (Å²) >= 11 is 0. The molecule has 0 N–H and O–H groups in total. The summed E-state index contributed by atoms with van der Waals surface area (Å²) in [6.07, 6.45) is 7.78. The standard InChI is InChI=1S/C16H24O5S/c1-2-3-4-5-6-7-8-13-16(17)21-14-11-9-10-12-15(14)22(18,19)20/h9-12H,2-8,13H2,1H3,(H,18,19,20)/p-1. The van der Waals surface area contributed by atoms with Crippen molar-refractivity contribution in [1.82, 2.24) is 0 Å². The molecule has 22 heavy (non-hydrogen) atoms. The number of hydrogen-bond donors (Lipinski definition) is 0. The van der Waals surface area contributed by atoms with Crippen molar-refractivity contribution in [3.63, 3.8) is 0 Å². The van der Waals surface area contributed by atoms with Crippen LogP contribution in [0.3, 0.4) is 0 Å². The molecule has 0 unspecified atom stereocenters. The molecule has 0 aliphatic carbocycles. The summed E-state index contributed by atoms with van der Waals surface area (Å²) < 4.78 is 38.2. The van der Waals surface area contributed by atoms with Gasteiger partial charge < -0.3 is 9.29 Å². The van der Waals surface area contributed by atoms with E-state index >= 15 is 0 Å². The third-order valence-electron chi connectivity index (χ3n) is 3.33. The third kappa shape index (κ3) is 7.04. The minimum Gasteiger partial charge on any atom is -0.744 e. The Bertz CT molecular complexity index is 566. The molecule has 0 atom stereocenters. The minimum atomic E-state index is -4.64. The average molecular weight is 327 g/mol. The number of esters is 1. The molecule has 124 valence electrons. The number of carbonyl (C=O) groups is 1. The molecule has 6 heteroatoms. The van der Waals surface area contributed by atoms with Gasteiger partial charge >= 0.3 is 5.97 Å². The molecule has 0 bridgehead atoms. The molecule has 1 rings (SSSR count). The molecule has 1 aromatic carbocycles. The van der Waals surface area contributed by atoms with Crippen molar-refractivity contribution in [2.75, 3.05) is 0 Å². The zero-order valence-corrected chi connectivity index (χ0v) is 13.7. The maximum atomic E-state index is 11.7. The molecule has 5 nitrogen and oxygen atoms in total. The Hall–Kier alpha value is -1.40. The van der Waals surface area contributed by atoms with Gasteiger partial charge in [0.25, 0.3) is 0 Å². The van der Waals surface area contributed by atoms with Gasteiger partial charge in [-0.05, 0) is 18.6 Å². The van der Waals surface area contributed by atoms with Crippen LogP contribution in [-0.4, -0.2) is 18.9 Å². The van der Waals surface area contributed by atoms with Gasteiger partial charge in [0, 0.05) is 6.42 Å². The fraction of sp³-hybridized carbons (Fsp3) is 0.562. The van der Waals surface area contributed by atoms with Crippen molar-refractivity contribution in [3.05, 3.63) is 24.3 Å². The normalized spacial score (nSPS) is 11.4. The first kappa shape index (κ1) is 18.6. The number of ether oxygens (including phenoxy) is 1. The maximum Gasteiger partial charge on any atom is 0.311 e. The summed E-state index contributed by atoms with van der Waals surface area (Å²) in [7, 11) is -4.64. The Morgan fingerprint density at radius 2 is 1.64 bits per heavy atom. The maximum absolute atomic E-state index is 11.7. The van der Waals surface area contributed by atoms with E-state index in [2.05, 4.69) is 6.92 Å². The lowest BCUT2D eigenvalue weighted by molar-refractivity contribution is -0.134. The first-order valence-corrected chi connectivity index (χ1v) is 9.11. The Labute approximate surface area is 132 Å². The van der Waals surface area contributed by atoms with E-state index in [9.17, 15) is 17.8 Å². The van der Waals surface area contributed by atoms with Gasteiger partial charge in [-0.15, -0.1) is 0 Å². The topological polar surface area (TPSA) is 83.5 Å². The van der Waals surface area contributed by atoms with Crippen LogP contribution in [-0.2, 0) is 14.9 Å². The van der Waals surface area contributed by atoms with Crippen LogP contribution in [0.1, 0.15) is 58.3 Å². The van der Waals surface area contributed by atoms with Gasteiger partial charge in [0.2, 0.25) is 0 Å². The van der Waals surface area contributed by atoms with Crippen LogP contribution in [0.4, 0.5) is 0 Å². The molecule has 0 radical (unpaired) electrons. The van der Waals surface area contributed by atoms with Gasteiger partial charge in [-0.2, -0.15) is 0 Å². The number of carbonyl (C=O) groups excluding carboxylic acids is 1. The molecular weight excluding hydrogens is 304 g/mol. The lowest BCUT2D eigenvalue weighted by Gasteiger charge is -2.12. The second-order valence-electron chi connectivity index (χ2n) is 5.25. The van der Waals surface area contributed by atoms with E-state index in [1.165, 1.54) is 43.9 Å². The molecule has 0 aromatic heterocycles. The highest BCUT2D eigenvalue weighted by atomic mass is 32.2. The third-order valence-corrected chi connectivity index (χ3v) is 4.20. The number of hydrogen-bond acceptors (Lipinski definition) is 5. The highest BCUT2D eigenvalue weighted by Gasteiger charge is 2.12. The van der Waals surface area contributed by atoms with E-state index in [0.717, 1.165) is 18.9 Å². The van der Waals surface area contributed by atoms with Crippen molar-refractivity contribution < 1.29 is 22.5 Å². The van der Waals surface area contributed by atoms with E-state index in [-0.39, 0.29) is 12.2 Å². The fourth-order valence-corrected chi connectivity index (χ4v) is 2.74. The Morgan fingerprint density at radius 1 is 1.05 bits per heavy atom. The van der Waals surface area contributed by atoms with Crippen molar-refractivity contribution in [3.8, 4) is 5.75 Å². The van der Waals surface area contributed by atoms with Crippen molar-refractivity contribution in [2.45, 2.75) is 63.2 Å². The highest BCUT2D eigenvalue weighted by Crippen LogP contribution is 2.23.